The summed E-state index contributed by atoms with van der Waals surface area (Å²) in [6.07, 6.45) is 0.455. The molecule has 1 aliphatic rings. The molecule has 9 heteroatoms. The van der Waals surface area contributed by atoms with E-state index >= 15 is 0 Å². The Morgan fingerprint density at radius 1 is 1.21 bits per heavy atom. The second kappa shape index (κ2) is 10.6. The van der Waals surface area contributed by atoms with Gasteiger partial charge in [0.25, 0.3) is 0 Å². The molecular formula is C19H32ClN3O5. The maximum absolute atomic E-state index is 12.8. The summed E-state index contributed by atoms with van der Waals surface area (Å²) in [5, 5.41) is 7.95. The Kier molecular flexibility index (Phi) is 9.20. The van der Waals surface area contributed by atoms with E-state index in [1.807, 2.05) is 13.8 Å². The Hall–Kier alpha value is -1.83. The number of nitrogens with one attached hydrogen (secondary N) is 3. The van der Waals surface area contributed by atoms with Crippen molar-refractivity contribution in [2.45, 2.75) is 71.6 Å². The summed E-state index contributed by atoms with van der Waals surface area (Å²) in [6, 6.07) is -1.74. The molecule has 0 aromatic heterocycles. The highest BCUT2D eigenvalue weighted by molar-refractivity contribution is 6.28. The lowest BCUT2D eigenvalue weighted by Gasteiger charge is -2.26. The molecule has 160 valence electrons. The molecule has 0 unspecified atom stereocenters. The van der Waals surface area contributed by atoms with E-state index in [-0.39, 0.29) is 35.8 Å². The summed E-state index contributed by atoms with van der Waals surface area (Å²) in [4.78, 5) is 48.9. The Morgan fingerprint density at radius 3 is 2.32 bits per heavy atom. The van der Waals surface area contributed by atoms with Crippen LogP contribution in [-0.4, -0.2) is 53.8 Å². The van der Waals surface area contributed by atoms with E-state index in [1.54, 1.807) is 20.8 Å². The molecular weight excluding hydrogens is 386 g/mol. The number of ether oxygens (including phenoxy) is 1. The van der Waals surface area contributed by atoms with Gasteiger partial charge in [-0.15, -0.1) is 11.6 Å². The highest BCUT2D eigenvalue weighted by atomic mass is 35.5. The predicted octanol–water partition coefficient (Wildman–Crippen LogP) is 1.74. The molecule has 0 aliphatic carbocycles. The smallest absolute Gasteiger partial charge is 0.408 e. The van der Waals surface area contributed by atoms with Crippen molar-refractivity contribution in [3.05, 3.63) is 0 Å². The third-order valence-electron chi connectivity index (χ3n) is 4.23. The third kappa shape index (κ3) is 8.46. The molecule has 1 rings (SSSR count). The molecule has 8 nitrogen and oxygen atoms in total. The van der Waals surface area contributed by atoms with Crippen LogP contribution in [0.25, 0.3) is 0 Å². The van der Waals surface area contributed by atoms with Crippen molar-refractivity contribution in [3.8, 4) is 0 Å². The summed E-state index contributed by atoms with van der Waals surface area (Å²) in [5.41, 5.74) is -0.699. The summed E-state index contributed by atoms with van der Waals surface area (Å²) >= 11 is 5.68. The first kappa shape index (κ1) is 24.2. The lowest BCUT2D eigenvalue weighted by Crippen LogP contribution is -2.53. The molecule has 3 atom stereocenters. The molecule has 0 aromatic carbocycles. The molecule has 3 N–H and O–H groups in total. The molecule has 0 aromatic rings. The van der Waals surface area contributed by atoms with Crippen LogP contribution < -0.4 is 16.0 Å². The Morgan fingerprint density at radius 2 is 1.86 bits per heavy atom. The SMILES string of the molecule is CC(C)C[C@H](NC(=O)OC(C)(C)C)C(=O)N[C@@H](C[C@@H]1CCNC1=O)C(=O)CCl. The van der Waals surface area contributed by atoms with Gasteiger partial charge in [-0.2, -0.15) is 0 Å². The van der Waals surface area contributed by atoms with E-state index in [0.29, 0.717) is 19.4 Å². The van der Waals surface area contributed by atoms with Gasteiger partial charge in [-0.05, 0) is 46.0 Å². The normalized spacial score (nSPS) is 19.0. The highest BCUT2D eigenvalue weighted by Crippen LogP contribution is 2.17. The first-order chi connectivity index (χ1) is 12.9. The highest BCUT2D eigenvalue weighted by Gasteiger charge is 2.33. The zero-order chi connectivity index (χ0) is 21.5. The maximum atomic E-state index is 12.8. The van der Waals surface area contributed by atoms with E-state index in [1.165, 1.54) is 0 Å². The minimum atomic E-state index is -0.881. The molecule has 1 aliphatic heterocycles. The van der Waals surface area contributed by atoms with Crippen LogP contribution in [0.1, 0.15) is 53.9 Å². The van der Waals surface area contributed by atoms with Gasteiger partial charge in [0, 0.05) is 12.5 Å². The van der Waals surface area contributed by atoms with Gasteiger partial charge in [0.05, 0.1) is 11.9 Å². The third-order valence-corrected chi connectivity index (χ3v) is 4.50. The second-order valence-electron chi connectivity index (χ2n) is 8.50. The van der Waals surface area contributed by atoms with Crippen LogP contribution in [-0.2, 0) is 19.1 Å². The topological polar surface area (TPSA) is 114 Å². The van der Waals surface area contributed by atoms with Crippen LogP contribution in [0.3, 0.4) is 0 Å². The number of hydrogen-bond acceptors (Lipinski definition) is 5. The monoisotopic (exact) mass is 417 g/mol. The van der Waals surface area contributed by atoms with E-state index in [2.05, 4.69) is 16.0 Å². The summed E-state index contributed by atoms with van der Waals surface area (Å²) in [6.45, 7) is 9.57. The number of Topliss-reactive ketones (excluding diaryl/α,β-unsaturated/α-hetero) is 1. The fraction of sp³-hybridized carbons (Fsp3) is 0.789. The van der Waals surface area contributed by atoms with Crippen molar-refractivity contribution in [1.82, 2.24) is 16.0 Å². The van der Waals surface area contributed by atoms with Crippen molar-refractivity contribution in [1.29, 1.82) is 0 Å². The zero-order valence-corrected chi connectivity index (χ0v) is 18.0. The van der Waals surface area contributed by atoms with E-state index in [9.17, 15) is 19.2 Å². The summed E-state index contributed by atoms with van der Waals surface area (Å²) in [7, 11) is 0. The number of ketones is 1. The van der Waals surface area contributed by atoms with Crippen molar-refractivity contribution in [2.75, 3.05) is 12.4 Å². The molecule has 1 saturated heterocycles. The minimum absolute atomic E-state index is 0.119. The average molecular weight is 418 g/mol. The van der Waals surface area contributed by atoms with E-state index < -0.39 is 29.7 Å². The molecule has 1 fully saturated rings. The van der Waals surface area contributed by atoms with Gasteiger partial charge in [0.15, 0.2) is 5.78 Å². The van der Waals surface area contributed by atoms with Gasteiger partial charge < -0.3 is 20.7 Å². The summed E-state index contributed by atoms with van der Waals surface area (Å²) < 4.78 is 5.22. The first-order valence-electron chi connectivity index (χ1n) is 9.59. The summed E-state index contributed by atoms with van der Waals surface area (Å²) in [5.74, 6) is -1.49. The molecule has 28 heavy (non-hydrogen) atoms. The standard InChI is InChI=1S/C19H32ClN3O5/c1-11(2)8-14(23-18(27)28-19(3,4)5)17(26)22-13(15(24)10-20)9-12-6-7-21-16(12)25/h11-14H,6-10H2,1-5H3,(H,21,25)(H,22,26)(H,23,27)/t12-,13-,14-/m0/s1. The predicted molar refractivity (Wildman–Crippen MR) is 106 cm³/mol. The molecule has 0 bridgehead atoms. The van der Waals surface area contributed by atoms with Crippen LogP contribution in [0.2, 0.25) is 0 Å². The number of carbonyl (C=O) groups is 4. The van der Waals surface area contributed by atoms with Gasteiger partial charge in [0.1, 0.15) is 11.6 Å². The van der Waals surface area contributed by atoms with Crippen LogP contribution in [0.4, 0.5) is 4.79 Å². The van der Waals surface area contributed by atoms with Gasteiger partial charge >= 0.3 is 6.09 Å². The van der Waals surface area contributed by atoms with Gasteiger partial charge in [0.2, 0.25) is 11.8 Å². The van der Waals surface area contributed by atoms with Crippen molar-refractivity contribution >= 4 is 35.3 Å². The second-order valence-corrected chi connectivity index (χ2v) is 8.77. The molecule has 3 amide bonds. The molecule has 0 radical (unpaired) electrons. The minimum Gasteiger partial charge on any atom is -0.444 e. The molecule has 0 spiro atoms. The van der Waals surface area contributed by atoms with Crippen LogP contribution in [0, 0.1) is 11.8 Å². The van der Waals surface area contributed by atoms with Crippen LogP contribution in [0.5, 0.6) is 0 Å². The number of hydrogen-bond donors (Lipinski definition) is 3. The van der Waals surface area contributed by atoms with Crippen LogP contribution >= 0.6 is 11.6 Å². The Balaban J connectivity index is 2.83. The van der Waals surface area contributed by atoms with Crippen molar-refractivity contribution in [3.63, 3.8) is 0 Å². The van der Waals surface area contributed by atoms with Gasteiger partial charge in [-0.1, -0.05) is 13.8 Å². The van der Waals surface area contributed by atoms with Gasteiger partial charge in [-0.25, -0.2) is 4.79 Å². The maximum Gasteiger partial charge on any atom is 0.408 e. The van der Waals surface area contributed by atoms with Gasteiger partial charge in [-0.3, -0.25) is 14.4 Å². The number of alkyl carbamates (subject to hydrolysis) is 1. The largest absolute Gasteiger partial charge is 0.444 e. The lowest BCUT2D eigenvalue weighted by atomic mass is 9.95. The quantitative estimate of drug-likeness (QED) is 0.494. The number of rotatable bonds is 9. The molecule has 0 saturated carbocycles. The number of alkyl halides is 1. The van der Waals surface area contributed by atoms with Crippen LogP contribution in [0.15, 0.2) is 0 Å². The average Bonchev–Trinajstić information content (AvgIpc) is 2.95. The number of amides is 3. The van der Waals surface area contributed by atoms with Crippen molar-refractivity contribution < 1.29 is 23.9 Å². The van der Waals surface area contributed by atoms with E-state index in [0.717, 1.165) is 0 Å². The first-order valence-corrected chi connectivity index (χ1v) is 10.1. The lowest BCUT2D eigenvalue weighted by molar-refractivity contribution is -0.129. The molecule has 1 heterocycles. The fourth-order valence-electron chi connectivity index (χ4n) is 2.94. The zero-order valence-electron chi connectivity index (χ0n) is 17.3. The van der Waals surface area contributed by atoms with Crippen molar-refractivity contribution in [2.24, 2.45) is 11.8 Å². The Labute approximate surface area is 171 Å². The number of halogens is 1. The Bertz CT molecular complexity index is 589. The van der Waals surface area contributed by atoms with E-state index in [4.69, 9.17) is 16.3 Å². The fourth-order valence-corrected chi connectivity index (χ4v) is 3.13. The number of carbonyl (C=O) groups excluding carboxylic acids is 4.